The Morgan fingerprint density at radius 3 is 2.58 bits per heavy atom. The van der Waals surface area contributed by atoms with Crippen LogP contribution in [0.1, 0.15) is 86.6 Å². The lowest BCUT2D eigenvalue weighted by Gasteiger charge is -2.30. The van der Waals surface area contributed by atoms with Crippen molar-refractivity contribution in [2.24, 2.45) is 11.3 Å². The van der Waals surface area contributed by atoms with Crippen molar-refractivity contribution >= 4 is 11.5 Å². The number of allylic oxidation sites excluding steroid dienone is 2. The van der Waals surface area contributed by atoms with Gasteiger partial charge in [-0.15, -0.1) is 0 Å². The van der Waals surface area contributed by atoms with Crippen molar-refractivity contribution < 1.29 is 23.8 Å². The maximum Gasteiger partial charge on any atom is 0.303 e. The fraction of sp³-hybridized carbons (Fsp3) is 0.400. The van der Waals surface area contributed by atoms with E-state index in [1.807, 2.05) is 6.07 Å². The molecule has 1 fully saturated rings. The lowest BCUT2D eigenvalue weighted by molar-refractivity contribution is -0.137. The summed E-state index contributed by atoms with van der Waals surface area (Å²) in [5.41, 5.74) is 6.98. The van der Waals surface area contributed by atoms with E-state index in [1.165, 1.54) is 17.2 Å². The molecule has 0 radical (unpaired) electrons. The molecule has 2 atom stereocenters. The summed E-state index contributed by atoms with van der Waals surface area (Å²) in [6, 6.07) is 17.5. The zero-order chi connectivity index (χ0) is 28.0. The SMILES string of the molecule is COc1ccc(F)c(-c2ccc(C3CCc4ccc(C(CC(=O)O)C5CC5)cc4O3)cc2C2=CCCC2(C)C)c1. The maximum absolute atomic E-state index is 15.2. The number of carboxylic acids is 1. The summed E-state index contributed by atoms with van der Waals surface area (Å²) in [6.07, 6.45) is 8.30. The molecule has 0 saturated heterocycles. The summed E-state index contributed by atoms with van der Waals surface area (Å²) in [7, 11) is 1.60. The molecule has 1 N–H and O–H groups in total. The summed E-state index contributed by atoms with van der Waals surface area (Å²) in [5, 5.41) is 9.49. The van der Waals surface area contributed by atoms with E-state index < -0.39 is 5.97 Å². The van der Waals surface area contributed by atoms with E-state index in [-0.39, 0.29) is 29.7 Å². The van der Waals surface area contributed by atoms with E-state index in [2.05, 4.69) is 50.3 Å². The van der Waals surface area contributed by atoms with Gasteiger partial charge in [-0.25, -0.2) is 4.39 Å². The van der Waals surface area contributed by atoms with Gasteiger partial charge in [0.1, 0.15) is 23.4 Å². The van der Waals surface area contributed by atoms with Crippen LogP contribution in [0, 0.1) is 17.2 Å². The maximum atomic E-state index is 15.2. The first-order valence-electron chi connectivity index (χ1n) is 14.4. The molecule has 1 saturated carbocycles. The van der Waals surface area contributed by atoms with E-state index in [0.717, 1.165) is 66.5 Å². The summed E-state index contributed by atoms with van der Waals surface area (Å²) >= 11 is 0. The first kappa shape index (κ1) is 26.6. The molecule has 0 amide bonds. The lowest BCUT2D eigenvalue weighted by atomic mass is 9.78. The summed E-state index contributed by atoms with van der Waals surface area (Å²) in [4.78, 5) is 11.5. The van der Waals surface area contributed by atoms with E-state index in [9.17, 15) is 9.90 Å². The van der Waals surface area contributed by atoms with Gasteiger partial charge < -0.3 is 14.6 Å². The molecule has 0 aromatic heterocycles. The van der Waals surface area contributed by atoms with Crippen molar-refractivity contribution in [2.45, 2.75) is 70.8 Å². The van der Waals surface area contributed by atoms with Crippen LogP contribution in [-0.4, -0.2) is 18.2 Å². The second-order valence-electron chi connectivity index (χ2n) is 12.2. The highest BCUT2D eigenvalue weighted by Gasteiger charge is 2.35. The Bertz CT molecular complexity index is 1480. The number of aryl methyl sites for hydroxylation is 1. The van der Waals surface area contributed by atoms with Crippen LogP contribution in [0.15, 0.2) is 60.7 Å². The van der Waals surface area contributed by atoms with Crippen molar-refractivity contribution in [1.82, 2.24) is 0 Å². The molecule has 3 aliphatic rings. The molecular formula is C35H37FO4. The Labute approximate surface area is 235 Å². The van der Waals surface area contributed by atoms with Crippen LogP contribution in [-0.2, 0) is 11.2 Å². The van der Waals surface area contributed by atoms with Crippen molar-refractivity contribution in [1.29, 1.82) is 0 Å². The minimum atomic E-state index is -0.752. The quantitative estimate of drug-likeness (QED) is 0.310. The predicted molar refractivity (Wildman–Crippen MR) is 155 cm³/mol. The van der Waals surface area contributed by atoms with E-state index in [4.69, 9.17) is 9.47 Å². The number of halogens is 1. The Morgan fingerprint density at radius 2 is 1.88 bits per heavy atom. The van der Waals surface area contributed by atoms with Crippen molar-refractivity contribution in [3.05, 3.63) is 88.7 Å². The van der Waals surface area contributed by atoms with E-state index >= 15 is 4.39 Å². The third-order valence-corrected chi connectivity index (χ3v) is 9.07. The number of methoxy groups -OCH3 is 1. The van der Waals surface area contributed by atoms with Gasteiger partial charge in [0.25, 0.3) is 0 Å². The molecule has 3 aromatic rings. The van der Waals surface area contributed by atoms with Crippen LogP contribution in [0.5, 0.6) is 11.5 Å². The first-order chi connectivity index (χ1) is 19.2. The largest absolute Gasteiger partial charge is 0.497 e. The molecule has 208 valence electrons. The normalized spacial score (nSPS) is 20.3. The fourth-order valence-electron chi connectivity index (χ4n) is 6.62. The van der Waals surface area contributed by atoms with Crippen molar-refractivity contribution in [3.8, 4) is 22.6 Å². The van der Waals surface area contributed by atoms with Crippen LogP contribution < -0.4 is 9.47 Å². The van der Waals surface area contributed by atoms with E-state index in [1.54, 1.807) is 19.2 Å². The first-order valence-corrected chi connectivity index (χ1v) is 14.4. The van der Waals surface area contributed by atoms with Crippen LogP contribution in [0.4, 0.5) is 4.39 Å². The minimum Gasteiger partial charge on any atom is -0.497 e. The molecular weight excluding hydrogens is 503 g/mol. The van der Waals surface area contributed by atoms with Gasteiger partial charge in [-0.05, 0) is 119 Å². The van der Waals surface area contributed by atoms with Gasteiger partial charge in [0.05, 0.1) is 13.5 Å². The highest BCUT2D eigenvalue weighted by molar-refractivity contribution is 5.85. The number of carboxylic acid groups (broad SMARTS) is 1. The summed E-state index contributed by atoms with van der Waals surface area (Å²) < 4.78 is 27.2. The fourth-order valence-corrected chi connectivity index (χ4v) is 6.62. The Hall–Kier alpha value is -3.60. The average Bonchev–Trinajstić information content (AvgIpc) is 3.73. The average molecular weight is 541 g/mol. The second kappa shape index (κ2) is 10.4. The number of hydrogen-bond donors (Lipinski definition) is 1. The molecule has 1 aliphatic heterocycles. The van der Waals surface area contributed by atoms with Gasteiger partial charge in [0, 0.05) is 5.56 Å². The van der Waals surface area contributed by atoms with Gasteiger partial charge in [-0.3, -0.25) is 4.79 Å². The standard InChI is InChI=1S/C35H37FO4/c1-35(2)16-4-5-30(35)28-17-24(10-13-26(28)29-19-25(39-3)12-14-31(29)36)32-15-11-22-8-9-23(18-33(22)40-32)27(20-34(37)38)21-6-7-21/h5,8-10,12-14,17-19,21,27,32H,4,6-7,11,15-16,20H2,1-3H3,(H,37,38). The van der Waals surface area contributed by atoms with Crippen LogP contribution in [0.3, 0.4) is 0 Å². The van der Waals surface area contributed by atoms with Gasteiger partial charge in [0.15, 0.2) is 0 Å². The van der Waals surface area contributed by atoms with Gasteiger partial charge in [0.2, 0.25) is 0 Å². The monoisotopic (exact) mass is 540 g/mol. The summed E-state index contributed by atoms with van der Waals surface area (Å²) in [6.45, 7) is 4.51. The van der Waals surface area contributed by atoms with Crippen LogP contribution >= 0.6 is 0 Å². The van der Waals surface area contributed by atoms with Crippen molar-refractivity contribution in [2.75, 3.05) is 7.11 Å². The third kappa shape index (κ3) is 5.14. The molecule has 0 spiro atoms. The highest BCUT2D eigenvalue weighted by Crippen LogP contribution is 2.49. The predicted octanol–water partition coefficient (Wildman–Crippen LogP) is 8.74. The molecule has 6 rings (SSSR count). The van der Waals surface area contributed by atoms with Crippen LogP contribution in [0.25, 0.3) is 16.7 Å². The third-order valence-electron chi connectivity index (χ3n) is 9.07. The topological polar surface area (TPSA) is 55.8 Å². The summed E-state index contributed by atoms with van der Waals surface area (Å²) in [5.74, 6) is 0.942. The number of rotatable bonds is 8. The molecule has 40 heavy (non-hydrogen) atoms. The Balaban J connectivity index is 1.37. The van der Waals surface area contributed by atoms with Crippen LogP contribution in [0.2, 0.25) is 0 Å². The molecule has 2 unspecified atom stereocenters. The lowest BCUT2D eigenvalue weighted by Crippen LogP contribution is -2.17. The molecule has 1 heterocycles. The second-order valence-corrected chi connectivity index (χ2v) is 12.2. The number of carbonyl (C=O) groups is 1. The number of hydrogen-bond acceptors (Lipinski definition) is 3. The van der Waals surface area contributed by atoms with Gasteiger partial charge >= 0.3 is 5.97 Å². The molecule has 3 aromatic carbocycles. The zero-order valence-corrected chi connectivity index (χ0v) is 23.5. The Morgan fingerprint density at radius 1 is 1.05 bits per heavy atom. The molecule has 4 nitrogen and oxygen atoms in total. The highest BCUT2D eigenvalue weighted by atomic mass is 19.1. The van der Waals surface area contributed by atoms with E-state index in [0.29, 0.717) is 17.2 Å². The number of ether oxygens (including phenoxy) is 2. The molecule has 5 heteroatoms. The number of aliphatic carboxylic acids is 1. The molecule has 2 aliphatic carbocycles. The smallest absolute Gasteiger partial charge is 0.303 e. The molecule has 0 bridgehead atoms. The Kier molecular flexibility index (Phi) is 6.93. The number of fused-ring (bicyclic) bond motifs is 1. The minimum absolute atomic E-state index is 0.0143. The number of benzene rings is 3. The zero-order valence-electron chi connectivity index (χ0n) is 23.5. The van der Waals surface area contributed by atoms with Gasteiger partial charge in [-0.2, -0.15) is 0 Å². The van der Waals surface area contributed by atoms with Crippen molar-refractivity contribution in [3.63, 3.8) is 0 Å². The van der Waals surface area contributed by atoms with Gasteiger partial charge in [-0.1, -0.05) is 44.2 Å².